The van der Waals surface area contributed by atoms with Gasteiger partial charge in [0, 0.05) is 24.7 Å². The molecule has 1 saturated heterocycles. The molecular formula is C32H38N8O2. The number of hydrogen-bond donors (Lipinski definition) is 3. The van der Waals surface area contributed by atoms with Gasteiger partial charge in [-0.2, -0.15) is 10.5 Å². The highest BCUT2D eigenvalue weighted by Gasteiger charge is 2.48. The first-order chi connectivity index (χ1) is 20.4. The Kier molecular flexibility index (Phi) is 7.78. The number of likely N-dealkylation sites (tertiary alicyclic amines) is 1. The van der Waals surface area contributed by atoms with Gasteiger partial charge in [0.2, 0.25) is 5.91 Å². The van der Waals surface area contributed by atoms with Gasteiger partial charge in [0.1, 0.15) is 6.04 Å². The quantitative estimate of drug-likeness (QED) is 0.362. The summed E-state index contributed by atoms with van der Waals surface area (Å²) in [4.78, 5) is 27.8. The van der Waals surface area contributed by atoms with E-state index in [0.29, 0.717) is 36.8 Å². The number of nitriles is 1. The number of hydrogen-bond acceptors (Lipinski definition) is 7. The molecule has 3 N–H and O–H groups in total. The maximum Gasteiger partial charge on any atom is 0.251 e. The molecule has 218 valence electrons. The minimum absolute atomic E-state index is 0.0127. The Morgan fingerprint density at radius 1 is 1.14 bits per heavy atom. The molecule has 2 fully saturated rings. The van der Waals surface area contributed by atoms with E-state index in [2.05, 4.69) is 68.5 Å². The van der Waals surface area contributed by atoms with Crippen molar-refractivity contribution >= 4 is 11.8 Å². The fourth-order valence-corrected chi connectivity index (χ4v) is 7.03. The zero-order valence-corrected chi connectivity index (χ0v) is 24.3. The zero-order valence-electron chi connectivity index (χ0n) is 24.3. The largest absolute Gasteiger partial charge is 0.352 e. The first kappa shape index (κ1) is 28.0. The third-order valence-electron chi connectivity index (χ3n) is 9.23. The molecule has 1 aromatic heterocycles. The fourth-order valence-electron chi connectivity index (χ4n) is 7.03. The number of aromatic amines is 1. The van der Waals surface area contributed by atoms with E-state index >= 15 is 0 Å². The van der Waals surface area contributed by atoms with Crippen LogP contribution in [0.25, 0.3) is 0 Å². The minimum atomic E-state index is -0.742. The van der Waals surface area contributed by atoms with Gasteiger partial charge >= 0.3 is 0 Å². The van der Waals surface area contributed by atoms with Crippen molar-refractivity contribution in [3.05, 3.63) is 75.6 Å². The SMILES string of the molecule is CCNC(=O)c1ccc2c(c1)CCc1cc(C)ccc1C2(C[C@@H](NCC(=O)N1CCCC1C#N)C1CC1)c1nn[nH]n1. The van der Waals surface area contributed by atoms with E-state index in [-0.39, 0.29) is 30.4 Å². The number of amides is 2. The van der Waals surface area contributed by atoms with E-state index in [4.69, 9.17) is 0 Å². The molecule has 2 unspecified atom stereocenters. The van der Waals surface area contributed by atoms with Crippen LogP contribution < -0.4 is 10.6 Å². The van der Waals surface area contributed by atoms with E-state index in [9.17, 15) is 14.9 Å². The predicted octanol–water partition coefficient (Wildman–Crippen LogP) is 2.96. The molecule has 42 heavy (non-hydrogen) atoms. The maximum absolute atomic E-state index is 13.2. The summed E-state index contributed by atoms with van der Waals surface area (Å²) in [5.41, 5.74) is 5.62. The molecule has 2 heterocycles. The fraction of sp³-hybridized carbons (Fsp3) is 0.500. The van der Waals surface area contributed by atoms with Crippen LogP contribution in [0.5, 0.6) is 0 Å². The van der Waals surface area contributed by atoms with Crippen LogP contribution >= 0.6 is 0 Å². The van der Waals surface area contributed by atoms with Crippen molar-refractivity contribution in [3.8, 4) is 6.07 Å². The van der Waals surface area contributed by atoms with Gasteiger partial charge in [-0.05, 0) is 99.1 Å². The highest BCUT2D eigenvalue weighted by atomic mass is 16.2. The van der Waals surface area contributed by atoms with E-state index in [1.165, 1.54) is 11.1 Å². The molecule has 0 spiro atoms. The number of tetrazole rings is 1. The third-order valence-corrected chi connectivity index (χ3v) is 9.23. The van der Waals surface area contributed by atoms with Crippen LogP contribution in [-0.4, -0.2) is 69.1 Å². The highest BCUT2D eigenvalue weighted by Crippen LogP contribution is 2.49. The molecule has 3 aliphatic rings. The molecule has 3 aromatic rings. The van der Waals surface area contributed by atoms with Crippen LogP contribution in [0.1, 0.15) is 83.0 Å². The Hall–Kier alpha value is -4.10. The molecule has 3 atom stereocenters. The lowest BCUT2D eigenvalue weighted by atomic mass is 9.67. The molecule has 1 aliphatic heterocycles. The number of aromatic nitrogens is 4. The maximum atomic E-state index is 13.2. The van der Waals surface area contributed by atoms with Crippen molar-refractivity contribution in [3.63, 3.8) is 0 Å². The third kappa shape index (κ3) is 5.18. The zero-order chi connectivity index (χ0) is 29.3. The van der Waals surface area contributed by atoms with Crippen LogP contribution in [0.15, 0.2) is 36.4 Å². The summed E-state index contributed by atoms with van der Waals surface area (Å²) in [6.45, 7) is 5.41. The Bertz CT molecular complexity index is 1510. The monoisotopic (exact) mass is 566 g/mol. The lowest BCUT2D eigenvalue weighted by Crippen LogP contribution is -2.47. The van der Waals surface area contributed by atoms with Gasteiger partial charge in [-0.3, -0.25) is 9.59 Å². The Morgan fingerprint density at radius 2 is 1.90 bits per heavy atom. The van der Waals surface area contributed by atoms with Gasteiger partial charge in [-0.1, -0.05) is 35.0 Å². The topological polar surface area (TPSA) is 140 Å². The second-order valence-corrected chi connectivity index (χ2v) is 11.9. The van der Waals surface area contributed by atoms with Gasteiger partial charge in [0.05, 0.1) is 18.0 Å². The molecule has 2 amide bonds. The number of rotatable bonds is 9. The standard InChI is InChI=1S/C32H38N8O2/c1-3-34-30(42)24-11-13-27-23(16-24)10-9-22-15-20(2)6-12-26(22)32(27,31-36-38-39-37-31)17-28(21-7-8-21)35-19-29(41)40-14-4-5-25(40)18-33/h6,11-13,15-16,21,25,28,35H,3-5,7-10,14,17,19H2,1-2H3,(H,34,42)(H,36,37,38,39)/t25?,28-,32?/m1/s1. The average Bonchev–Trinajstić information content (AvgIpc) is 3.50. The van der Waals surface area contributed by atoms with Gasteiger partial charge in [-0.25, -0.2) is 0 Å². The minimum Gasteiger partial charge on any atom is -0.352 e. The molecular weight excluding hydrogens is 528 g/mol. The summed E-state index contributed by atoms with van der Waals surface area (Å²) in [7, 11) is 0. The van der Waals surface area contributed by atoms with Gasteiger partial charge in [0.15, 0.2) is 5.82 Å². The van der Waals surface area contributed by atoms with Crippen molar-refractivity contribution in [2.24, 2.45) is 5.92 Å². The van der Waals surface area contributed by atoms with Crippen LogP contribution in [0, 0.1) is 24.2 Å². The molecule has 2 aliphatic carbocycles. The second kappa shape index (κ2) is 11.6. The summed E-state index contributed by atoms with van der Waals surface area (Å²) >= 11 is 0. The second-order valence-electron chi connectivity index (χ2n) is 11.9. The van der Waals surface area contributed by atoms with E-state index in [0.717, 1.165) is 55.2 Å². The summed E-state index contributed by atoms with van der Waals surface area (Å²) < 4.78 is 0. The number of H-pyrrole nitrogens is 1. The first-order valence-electron chi connectivity index (χ1n) is 15.1. The van der Waals surface area contributed by atoms with Gasteiger partial charge < -0.3 is 15.5 Å². The normalized spacial score (nSPS) is 22.0. The number of aryl methyl sites for hydroxylation is 3. The Balaban J connectivity index is 1.43. The number of nitrogens with one attached hydrogen (secondary N) is 3. The molecule has 2 aromatic carbocycles. The van der Waals surface area contributed by atoms with E-state index in [1.54, 1.807) is 4.90 Å². The molecule has 0 bridgehead atoms. The van der Waals surface area contributed by atoms with Crippen molar-refractivity contribution in [1.29, 1.82) is 5.26 Å². The lowest BCUT2D eigenvalue weighted by Gasteiger charge is -2.37. The van der Waals surface area contributed by atoms with Crippen molar-refractivity contribution in [2.45, 2.75) is 76.3 Å². The van der Waals surface area contributed by atoms with Crippen LogP contribution in [0.2, 0.25) is 0 Å². The van der Waals surface area contributed by atoms with Crippen molar-refractivity contribution < 1.29 is 9.59 Å². The Morgan fingerprint density at radius 3 is 2.60 bits per heavy atom. The number of benzene rings is 2. The average molecular weight is 567 g/mol. The highest BCUT2D eigenvalue weighted by molar-refractivity contribution is 5.94. The van der Waals surface area contributed by atoms with Crippen LogP contribution in [0.4, 0.5) is 0 Å². The van der Waals surface area contributed by atoms with Crippen molar-refractivity contribution in [2.75, 3.05) is 19.6 Å². The molecule has 6 rings (SSSR count). The van der Waals surface area contributed by atoms with Crippen LogP contribution in [0.3, 0.4) is 0 Å². The molecule has 0 radical (unpaired) electrons. The van der Waals surface area contributed by atoms with Gasteiger partial charge in [-0.15, -0.1) is 10.2 Å². The van der Waals surface area contributed by atoms with Crippen LogP contribution in [-0.2, 0) is 23.1 Å². The van der Waals surface area contributed by atoms with E-state index in [1.807, 2.05) is 19.1 Å². The first-order valence-corrected chi connectivity index (χ1v) is 15.1. The molecule has 1 saturated carbocycles. The van der Waals surface area contributed by atoms with E-state index < -0.39 is 5.41 Å². The smallest absolute Gasteiger partial charge is 0.251 e. The van der Waals surface area contributed by atoms with Crippen molar-refractivity contribution in [1.82, 2.24) is 36.2 Å². The lowest BCUT2D eigenvalue weighted by molar-refractivity contribution is -0.130. The summed E-state index contributed by atoms with van der Waals surface area (Å²) in [6, 6.07) is 14.5. The summed E-state index contributed by atoms with van der Waals surface area (Å²) in [5, 5.41) is 32.0. The summed E-state index contributed by atoms with van der Waals surface area (Å²) in [6.07, 6.45) is 6.01. The number of fused-ring (bicyclic) bond motifs is 2. The molecule has 10 nitrogen and oxygen atoms in total. The number of carbonyl (C=O) groups is 2. The van der Waals surface area contributed by atoms with Gasteiger partial charge in [0.25, 0.3) is 5.91 Å². The molecule has 10 heteroatoms. The predicted molar refractivity (Wildman–Crippen MR) is 157 cm³/mol. The number of carbonyl (C=O) groups excluding carboxylic acids is 2. The summed E-state index contributed by atoms with van der Waals surface area (Å²) in [5.74, 6) is 0.894. The number of nitrogens with zero attached hydrogens (tertiary/aromatic N) is 5. The Labute approximate surface area is 246 Å².